The number of benzene rings is 1. The van der Waals surface area contributed by atoms with Crippen molar-refractivity contribution in [2.45, 2.75) is 43.9 Å². The molecule has 2 fully saturated rings. The molecule has 0 radical (unpaired) electrons. The van der Waals surface area contributed by atoms with Gasteiger partial charge in [0.25, 0.3) is 0 Å². The van der Waals surface area contributed by atoms with Gasteiger partial charge in [-0.05, 0) is 44.9 Å². The third-order valence-corrected chi connectivity index (χ3v) is 4.27. The first kappa shape index (κ1) is 10.9. The lowest BCUT2D eigenvalue weighted by Crippen LogP contribution is -2.43. The molecular formula is C14H20N2O. The van der Waals surface area contributed by atoms with E-state index in [4.69, 9.17) is 10.5 Å². The maximum absolute atomic E-state index is 6.06. The van der Waals surface area contributed by atoms with E-state index in [0.29, 0.717) is 18.2 Å². The number of hydrogen-bond acceptors (Lipinski definition) is 3. The zero-order chi connectivity index (χ0) is 11.8. The average Bonchev–Trinajstić information content (AvgIpc) is 2.55. The van der Waals surface area contributed by atoms with Crippen molar-refractivity contribution < 1.29 is 4.74 Å². The Morgan fingerprint density at radius 1 is 1.18 bits per heavy atom. The van der Waals surface area contributed by atoms with Crippen LogP contribution >= 0.6 is 0 Å². The Bertz CT molecular complexity index is 393. The van der Waals surface area contributed by atoms with Gasteiger partial charge in [0.05, 0.1) is 5.69 Å². The Morgan fingerprint density at radius 3 is 2.47 bits per heavy atom. The van der Waals surface area contributed by atoms with Gasteiger partial charge in [0.15, 0.2) is 0 Å². The molecule has 3 heteroatoms. The number of fused-ring (bicyclic) bond motifs is 2. The van der Waals surface area contributed by atoms with Gasteiger partial charge in [0.2, 0.25) is 0 Å². The number of hydrogen-bond donors (Lipinski definition) is 1. The molecule has 0 spiro atoms. The lowest BCUT2D eigenvalue weighted by Gasteiger charge is -2.36. The minimum atomic E-state index is 0.341. The molecule has 2 aliphatic rings. The lowest BCUT2D eigenvalue weighted by atomic mass is 10.0. The van der Waals surface area contributed by atoms with Crippen molar-refractivity contribution in [3.8, 4) is 5.75 Å². The van der Waals surface area contributed by atoms with Gasteiger partial charge in [-0.2, -0.15) is 0 Å². The fraction of sp³-hybridized carbons (Fsp3) is 0.571. The second-order valence-electron chi connectivity index (χ2n) is 5.30. The predicted molar refractivity (Wildman–Crippen MR) is 69.1 cm³/mol. The fourth-order valence-electron chi connectivity index (χ4n) is 3.23. The van der Waals surface area contributed by atoms with E-state index < -0.39 is 0 Å². The Labute approximate surface area is 103 Å². The van der Waals surface area contributed by atoms with Gasteiger partial charge < -0.3 is 15.4 Å². The molecule has 0 amide bonds. The molecule has 0 saturated carbocycles. The van der Waals surface area contributed by atoms with Gasteiger partial charge in [-0.15, -0.1) is 0 Å². The zero-order valence-corrected chi connectivity index (χ0v) is 10.3. The number of para-hydroxylation sites is 2. The fourth-order valence-corrected chi connectivity index (χ4v) is 3.23. The Kier molecular flexibility index (Phi) is 2.71. The summed E-state index contributed by atoms with van der Waals surface area (Å²) in [5.74, 6) is 0.849. The van der Waals surface area contributed by atoms with E-state index >= 15 is 0 Å². The number of anilines is 1. The summed E-state index contributed by atoms with van der Waals surface area (Å²) < 4.78 is 6.06. The first-order chi connectivity index (χ1) is 8.24. The van der Waals surface area contributed by atoms with Gasteiger partial charge in [-0.1, -0.05) is 12.1 Å². The molecule has 2 atom stereocenters. The molecule has 17 heavy (non-hydrogen) atoms. The van der Waals surface area contributed by atoms with Crippen molar-refractivity contribution in [2.24, 2.45) is 0 Å². The average molecular weight is 232 g/mol. The molecule has 3 nitrogen and oxygen atoms in total. The molecule has 92 valence electrons. The highest BCUT2D eigenvalue weighted by molar-refractivity contribution is 5.51. The standard InChI is InChI=1S/C14H20N2O/c1-16-10-6-7-11(16)9-12(8-10)17-14-5-3-2-4-13(14)15/h2-5,10-12H,6-9,15H2,1H3/t10-,11-/m0/s1. The van der Waals surface area contributed by atoms with Crippen LogP contribution in [0.4, 0.5) is 5.69 Å². The van der Waals surface area contributed by atoms with Crippen molar-refractivity contribution in [3.63, 3.8) is 0 Å². The number of rotatable bonds is 2. The molecule has 2 heterocycles. The van der Waals surface area contributed by atoms with E-state index in [1.807, 2.05) is 24.3 Å². The van der Waals surface area contributed by atoms with E-state index in [1.165, 1.54) is 12.8 Å². The van der Waals surface area contributed by atoms with Crippen molar-refractivity contribution in [1.82, 2.24) is 4.90 Å². The Balaban J connectivity index is 1.70. The van der Waals surface area contributed by atoms with Crippen LogP contribution in [-0.2, 0) is 0 Å². The van der Waals surface area contributed by atoms with Crippen LogP contribution in [0.3, 0.4) is 0 Å². The first-order valence-electron chi connectivity index (χ1n) is 6.47. The summed E-state index contributed by atoms with van der Waals surface area (Å²) in [5.41, 5.74) is 6.66. The number of piperidine rings is 1. The van der Waals surface area contributed by atoms with Crippen LogP contribution in [0.1, 0.15) is 25.7 Å². The van der Waals surface area contributed by atoms with Gasteiger partial charge in [0, 0.05) is 12.1 Å². The number of nitrogen functional groups attached to an aromatic ring is 1. The summed E-state index contributed by atoms with van der Waals surface area (Å²) >= 11 is 0. The highest BCUT2D eigenvalue weighted by Gasteiger charge is 2.39. The molecule has 0 aromatic heterocycles. The largest absolute Gasteiger partial charge is 0.488 e. The zero-order valence-electron chi connectivity index (χ0n) is 10.3. The van der Waals surface area contributed by atoms with Crippen molar-refractivity contribution in [2.75, 3.05) is 12.8 Å². The molecule has 3 rings (SSSR count). The Hall–Kier alpha value is -1.22. The molecule has 0 aliphatic carbocycles. The minimum absolute atomic E-state index is 0.341. The molecular weight excluding hydrogens is 212 g/mol. The topological polar surface area (TPSA) is 38.5 Å². The molecule has 2 saturated heterocycles. The third-order valence-electron chi connectivity index (χ3n) is 4.27. The van der Waals surface area contributed by atoms with Gasteiger partial charge in [-0.3, -0.25) is 0 Å². The van der Waals surface area contributed by atoms with Crippen LogP contribution in [0.5, 0.6) is 5.75 Å². The highest BCUT2D eigenvalue weighted by Crippen LogP contribution is 2.36. The molecule has 2 aliphatic heterocycles. The second-order valence-corrected chi connectivity index (χ2v) is 5.30. The van der Waals surface area contributed by atoms with E-state index in [0.717, 1.165) is 24.3 Å². The van der Waals surface area contributed by atoms with Gasteiger partial charge >= 0.3 is 0 Å². The smallest absolute Gasteiger partial charge is 0.142 e. The summed E-state index contributed by atoms with van der Waals surface area (Å²) in [6.45, 7) is 0. The van der Waals surface area contributed by atoms with Crippen molar-refractivity contribution in [3.05, 3.63) is 24.3 Å². The van der Waals surface area contributed by atoms with Crippen LogP contribution < -0.4 is 10.5 Å². The van der Waals surface area contributed by atoms with E-state index in [9.17, 15) is 0 Å². The third kappa shape index (κ3) is 2.00. The molecule has 1 aromatic rings. The minimum Gasteiger partial charge on any atom is -0.488 e. The summed E-state index contributed by atoms with van der Waals surface area (Å²) in [7, 11) is 2.25. The normalized spacial score (nSPS) is 32.6. The van der Waals surface area contributed by atoms with Crippen molar-refractivity contribution >= 4 is 5.69 Å². The van der Waals surface area contributed by atoms with E-state index in [2.05, 4.69) is 11.9 Å². The number of nitrogens with two attached hydrogens (primary N) is 1. The van der Waals surface area contributed by atoms with E-state index in [-0.39, 0.29) is 0 Å². The van der Waals surface area contributed by atoms with Crippen LogP contribution in [-0.4, -0.2) is 30.1 Å². The van der Waals surface area contributed by atoms with Gasteiger partial charge in [-0.25, -0.2) is 0 Å². The predicted octanol–water partition coefficient (Wildman–Crippen LogP) is 2.27. The lowest BCUT2D eigenvalue weighted by molar-refractivity contribution is 0.0666. The molecule has 2 N–H and O–H groups in total. The van der Waals surface area contributed by atoms with Crippen LogP contribution in [0.2, 0.25) is 0 Å². The molecule has 0 unspecified atom stereocenters. The van der Waals surface area contributed by atoms with Crippen LogP contribution in [0.25, 0.3) is 0 Å². The molecule has 2 bridgehead atoms. The second kappa shape index (κ2) is 4.22. The van der Waals surface area contributed by atoms with Crippen LogP contribution in [0, 0.1) is 0 Å². The molecule has 1 aromatic carbocycles. The highest BCUT2D eigenvalue weighted by atomic mass is 16.5. The summed E-state index contributed by atoms with van der Waals surface area (Å²) in [6.07, 6.45) is 5.27. The Morgan fingerprint density at radius 2 is 1.82 bits per heavy atom. The monoisotopic (exact) mass is 232 g/mol. The summed E-state index contributed by atoms with van der Waals surface area (Å²) in [5, 5.41) is 0. The number of nitrogens with zero attached hydrogens (tertiary/aromatic N) is 1. The van der Waals surface area contributed by atoms with Crippen LogP contribution in [0.15, 0.2) is 24.3 Å². The van der Waals surface area contributed by atoms with Crippen molar-refractivity contribution in [1.29, 1.82) is 0 Å². The maximum Gasteiger partial charge on any atom is 0.142 e. The maximum atomic E-state index is 6.06. The number of ether oxygens (including phenoxy) is 1. The first-order valence-corrected chi connectivity index (χ1v) is 6.47. The quantitative estimate of drug-likeness (QED) is 0.795. The summed E-state index contributed by atoms with van der Waals surface area (Å²) in [6, 6.07) is 9.22. The summed E-state index contributed by atoms with van der Waals surface area (Å²) in [4.78, 5) is 2.52. The SMILES string of the molecule is CN1[C@H]2CC[C@H]1CC(Oc1ccccc1N)C2. The van der Waals surface area contributed by atoms with Gasteiger partial charge in [0.1, 0.15) is 11.9 Å². The van der Waals surface area contributed by atoms with E-state index in [1.54, 1.807) is 0 Å².